The molecule has 0 radical (unpaired) electrons. The molecular weight excluding hydrogens is 227 g/mol. The molecule has 2 N–H and O–H groups in total. The molecule has 2 rings (SSSR count). The number of aromatic nitrogens is 1. The lowest BCUT2D eigenvalue weighted by Crippen LogP contribution is -2.03. The first-order valence-corrected chi connectivity index (χ1v) is 4.83. The van der Waals surface area contributed by atoms with Crippen LogP contribution in [0.15, 0.2) is 34.9 Å². The van der Waals surface area contributed by atoms with Crippen LogP contribution in [-0.2, 0) is 6.54 Å². The van der Waals surface area contributed by atoms with E-state index in [0.29, 0.717) is 5.56 Å². The van der Waals surface area contributed by atoms with Gasteiger partial charge in [-0.05, 0) is 6.07 Å². The molecule has 1 aromatic heterocycles. The Hall–Kier alpha value is -2.37. The zero-order valence-electron chi connectivity index (χ0n) is 8.68. The summed E-state index contributed by atoms with van der Waals surface area (Å²) in [5, 5.41) is 11.3. The van der Waals surface area contributed by atoms with Crippen molar-refractivity contribution in [1.29, 1.82) is 0 Å². The van der Waals surface area contributed by atoms with E-state index >= 15 is 0 Å². The first-order chi connectivity index (χ1) is 8.16. The van der Waals surface area contributed by atoms with Crippen molar-refractivity contribution in [3.05, 3.63) is 47.6 Å². The van der Waals surface area contributed by atoms with Crippen molar-refractivity contribution in [3.8, 4) is 0 Å². The van der Waals surface area contributed by atoms with Gasteiger partial charge in [0, 0.05) is 12.1 Å². The predicted molar refractivity (Wildman–Crippen MR) is 57.2 cm³/mol. The number of hydrogen-bond acceptors (Lipinski definition) is 4. The SMILES string of the molecule is O=C(O)c1coc(NCc2ccccc2F)n1. The monoisotopic (exact) mass is 236 g/mol. The van der Waals surface area contributed by atoms with Crippen LogP contribution < -0.4 is 5.32 Å². The van der Waals surface area contributed by atoms with Crippen molar-refractivity contribution in [3.63, 3.8) is 0 Å². The third-order valence-corrected chi connectivity index (χ3v) is 2.11. The molecule has 5 nitrogen and oxygen atoms in total. The van der Waals surface area contributed by atoms with Crippen molar-refractivity contribution in [2.75, 3.05) is 5.32 Å². The number of carboxylic acids is 1. The van der Waals surface area contributed by atoms with E-state index in [-0.39, 0.29) is 24.1 Å². The fourth-order valence-corrected chi connectivity index (χ4v) is 1.27. The summed E-state index contributed by atoms with van der Waals surface area (Å²) < 4.78 is 18.1. The van der Waals surface area contributed by atoms with Crippen LogP contribution in [0.25, 0.3) is 0 Å². The van der Waals surface area contributed by atoms with Gasteiger partial charge in [-0.25, -0.2) is 9.18 Å². The summed E-state index contributed by atoms with van der Waals surface area (Å²) in [6, 6.07) is 6.30. The smallest absolute Gasteiger partial charge is 0.357 e. The van der Waals surface area contributed by atoms with Crippen molar-refractivity contribution >= 4 is 12.0 Å². The quantitative estimate of drug-likeness (QED) is 0.850. The topological polar surface area (TPSA) is 75.4 Å². The number of benzene rings is 1. The molecule has 0 atom stereocenters. The van der Waals surface area contributed by atoms with Gasteiger partial charge in [0.2, 0.25) is 0 Å². The highest BCUT2D eigenvalue weighted by Crippen LogP contribution is 2.11. The molecular formula is C11H9FN2O3. The minimum atomic E-state index is -1.17. The van der Waals surface area contributed by atoms with Gasteiger partial charge in [-0.3, -0.25) is 0 Å². The van der Waals surface area contributed by atoms with Crippen LogP contribution >= 0.6 is 0 Å². The Labute approximate surface area is 95.9 Å². The normalized spacial score (nSPS) is 10.2. The van der Waals surface area contributed by atoms with E-state index in [4.69, 9.17) is 9.52 Å². The number of anilines is 1. The lowest BCUT2D eigenvalue weighted by molar-refractivity contribution is 0.0690. The maximum Gasteiger partial charge on any atom is 0.357 e. The first kappa shape index (κ1) is 11.1. The summed E-state index contributed by atoms with van der Waals surface area (Å²) in [7, 11) is 0. The number of nitrogens with zero attached hydrogens (tertiary/aromatic N) is 1. The third kappa shape index (κ3) is 2.60. The number of aromatic carboxylic acids is 1. The van der Waals surface area contributed by atoms with Gasteiger partial charge in [0.25, 0.3) is 6.01 Å². The number of nitrogens with one attached hydrogen (secondary N) is 1. The molecule has 0 saturated carbocycles. The number of carbonyl (C=O) groups is 1. The summed E-state index contributed by atoms with van der Waals surface area (Å²) in [5.41, 5.74) is 0.253. The van der Waals surface area contributed by atoms with Crippen LogP contribution in [-0.4, -0.2) is 16.1 Å². The molecule has 0 fully saturated rings. The van der Waals surface area contributed by atoms with Gasteiger partial charge in [0.15, 0.2) is 5.69 Å². The van der Waals surface area contributed by atoms with Gasteiger partial charge in [-0.1, -0.05) is 18.2 Å². The molecule has 0 spiro atoms. The van der Waals surface area contributed by atoms with Crippen LogP contribution in [0.5, 0.6) is 0 Å². The zero-order valence-corrected chi connectivity index (χ0v) is 8.68. The molecule has 88 valence electrons. The van der Waals surface area contributed by atoms with Crippen LogP contribution in [0, 0.1) is 5.82 Å². The average molecular weight is 236 g/mol. The Morgan fingerprint density at radius 3 is 2.88 bits per heavy atom. The van der Waals surface area contributed by atoms with Crippen LogP contribution in [0.3, 0.4) is 0 Å². The Bertz CT molecular complexity index is 539. The van der Waals surface area contributed by atoms with E-state index in [2.05, 4.69) is 10.3 Å². The zero-order chi connectivity index (χ0) is 12.3. The largest absolute Gasteiger partial charge is 0.476 e. The van der Waals surface area contributed by atoms with E-state index in [1.165, 1.54) is 6.07 Å². The fourth-order valence-electron chi connectivity index (χ4n) is 1.27. The minimum absolute atomic E-state index is 0.0469. The number of carboxylic acid groups (broad SMARTS) is 1. The summed E-state index contributed by atoms with van der Waals surface area (Å²) >= 11 is 0. The molecule has 0 aliphatic rings. The highest BCUT2D eigenvalue weighted by molar-refractivity contribution is 5.85. The molecule has 0 amide bonds. The van der Waals surface area contributed by atoms with E-state index in [9.17, 15) is 9.18 Å². The molecule has 6 heteroatoms. The molecule has 0 saturated heterocycles. The Kier molecular flexibility index (Phi) is 3.04. The lowest BCUT2D eigenvalue weighted by Gasteiger charge is -2.02. The van der Waals surface area contributed by atoms with E-state index < -0.39 is 5.97 Å². The van der Waals surface area contributed by atoms with E-state index in [1.807, 2.05) is 0 Å². The third-order valence-electron chi connectivity index (χ3n) is 2.11. The number of oxazole rings is 1. The van der Waals surface area contributed by atoms with Crippen molar-refractivity contribution in [2.45, 2.75) is 6.54 Å². The van der Waals surface area contributed by atoms with Gasteiger partial charge >= 0.3 is 5.97 Å². The summed E-state index contributed by atoms with van der Waals surface area (Å²) in [6.07, 6.45) is 1.02. The second kappa shape index (κ2) is 4.65. The summed E-state index contributed by atoms with van der Waals surface area (Å²) in [5.74, 6) is -1.52. The van der Waals surface area contributed by atoms with E-state index in [0.717, 1.165) is 6.26 Å². The number of halogens is 1. The van der Waals surface area contributed by atoms with Crippen LogP contribution in [0.4, 0.5) is 10.4 Å². The van der Waals surface area contributed by atoms with Crippen molar-refractivity contribution in [1.82, 2.24) is 4.98 Å². The maximum atomic E-state index is 13.2. The molecule has 17 heavy (non-hydrogen) atoms. The minimum Gasteiger partial charge on any atom is -0.476 e. The number of rotatable bonds is 4. The average Bonchev–Trinajstić information content (AvgIpc) is 2.77. The molecule has 1 aromatic carbocycles. The van der Waals surface area contributed by atoms with Gasteiger partial charge in [0.1, 0.15) is 12.1 Å². The summed E-state index contributed by atoms with van der Waals surface area (Å²) in [4.78, 5) is 14.2. The second-order valence-electron chi connectivity index (χ2n) is 3.29. The van der Waals surface area contributed by atoms with Gasteiger partial charge in [0.05, 0.1) is 0 Å². The maximum absolute atomic E-state index is 13.2. The summed E-state index contributed by atoms with van der Waals surface area (Å²) in [6.45, 7) is 0.173. The highest BCUT2D eigenvalue weighted by atomic mass is 19.1. The van der Waals surface area contributed by atoms with Gasteiger partial charge in [-0.15, -0.1) is 0 Å². The molecule has 0 unspecified atom stereocenters. The van der Waals surface area contributed by atoms with Crippen molar-refractivity contribution in [2.24, 2.45) is 0 Å². The lowest BCUT2D eigenvalue weighted by atomic mass is 10.2. The van der Waals surface area contributed by atoms with Gasteiger partial charge in [-0.2, -0.15) is 4.98 Å². The van der Waals surface area contributed by atoms with Crippen molar-refractivity contribution < 1.29 is 18.7 Å². The fraction of sp³-hybridized carbons (Fsp3) is 0.0909. The molecule has 2 aromatic rings. The number of hydrogen-bond donors (Lipinski definition) is 2. The Morgan fingerprint density at radius 2 is 2.24 bits per heavy atom. The van der Waals surface area contributed by atoms with E-state index in [1.54, 1.807) is 18.2 Å². The predicted octanol–water partition coefficient (Wildman–Crippen LogP) is 2.12. The first-order valence-electron chi connectivity index (χ1n) is 4.83. The standard InChI is InChI=1S/C11H9FN2O3/c12-8-4-2-1-3-7(8)5-13-11-14-9(6-17-11)10(15)16/h1-4,6H,5H2,(H,13,14)(H,15,16). The molecule has 1 heterocycles. The van der Waals surface area contributed by atoms with Crippen LogP contribution in [0.2, 0.25) is 0 Å². The second-order valence-corrected chi connectivity index (χ2v) is 3.29. The Morgan fingerprint density at radius 1 is 1.47 bits per heavy atom. The molecule has 0 bridgehead atoms. The van der Waals surface area contributed by atoms with Gasteiger partial charge < -0.3 is 14.8 Å². The highest BCUT2D eigenvalue weighted by Gasteiger charge is 2.10. The Balaban J connectivity index is 2.02. The van der Waals surface area contributed by atoms with Crippen LogP contribution in [0.1, 0.15) is 16.1 Å². The molecule has 0 aliphatic heterocycles. The molecule has 0 aliphatic carbocycles.